The predicted molar refractivity (Wildman–Crippen MR) is 102 cm³/mol. The summed E-state index contributed by atoms with van der Waals surface area (Å²) in [5.74, 6) is -0.222. The van der Waals surface area contributed by atoms with Crippen molar-refractivity contribution in [2.24, 2.45) is 7.05 Å². The molecule has 1 N–H and O–H groups in total. The third kappa shape index (κ3) is 3.22. The van der Waals surface area contributed by atoms with E-state index in [4.69, 9.17) is 0 Å². The minimum Gasteiger partial charge on any atom is -0.348 e. The Morgan fingerprint density at radius 2 is 2.00 bits per heavy atom. The lowest BCUT2D eigenvalue weighted by molar-refractivity contribution is 0.0951. The molecule has 0 aliphatic heterocycles. The highest BCUT2D eigenvalue weighted by molar-refractivity contribution is 5.97. The molecule has 4 aromatic rings. The van der Waals surface area contributed by atoms with Gasteiger partial charge in [-0.15, -0.1) is 0 Å². The summed E-state index contributed by atoms with van der Waals surface area (Å²) in [6.07, 6.45) is 6.74. The lowest BCUT2D eigenvalue weighted by Crippen LogP contribution is -2.24. The molecule has 4 rings (SSSR count). The molecule has 0 aliphatic rings. The fourth-order valence-corrected chi connectivity index (χ4v) is 2.94. The van der Waals surface area contributed by atoms with E-state index in [0.29, 0.717) is 23.0 Å². The van der Waals surface area contributed by atoms with Gasteiger partial charge >= 0.3 is 0 Å². The second kappa shape index (κ2) is 6.87. The molecule has 7 heteroatoms. The number of amides is 1. The van der Waals surface area contributed by atoms with Crippen LogP contribution in [0.15, 0.2) is 72.3 Å². The molecule has 0 atom stereocenters. The zero-order chi connectivity index (χ0) is 18.8. The van der Waals surface area contributed by atoms with Crippen LogP contribution in [0.4, 0.5) is 0 Å². The molecule has 0 radical (unpaired) electrons. The number of fused-ring (bicyclic) bond motifs is 1. The summed E-state index contributed by atoms with van der Waals surface area (Å²) in [6.45, 7) is 0.370. The van der Waals surface area contributed by atoms with Crippen molar-refractivity contribution in [1.82, 2.24) is 24.4 Å². The number of aryl methyl sites for hydroxylation is 1. The van der Waals surface area contributed by atoms with Crippen molar-refractivity contribution in [3.63, 3.8) is 0 Å². The summed E-state index contributed by atoms with van der Waals surface area (Å²) < 4.78 is 3.31. The van der Waals surface area contributed by atoms with Gasteiger partial charge in [-0.2, -0.15) is 0 Å². The van der Waals surface area contributed by atoms with E-state index in [1.165, 1.54) is 10.9 Å². The SMILES string of the molecule is Cn1cnc2cc(C(=O)NCc3ccccc3-n3ccnc3)ccc2c1=O. The molecule has 1 amide bonds. The van der Waals surface area contributed by atoms with Crippen LogP contribution in [0.2, 0.25) is 0 Å². The lowest BCUT2D eigenvalue weighted by Gasteiger charge is -2.11. The molecule has 0 bridgehead atoms. The van der Waals surface area contributed by atoms with Gasteiger partial charge in [0, 0.05) is 31.5 Å². The normalized spacial score (nSPS) is 10.9. The quantitative estimate of drug-likeness (QED) is 0.605. The van der Waals surface area contributed by atoms with E-state index >= 15 is 0 Å². The van der Waals surface area contributed by atoms with E-state index in [0.717, 1.165) is 11.3 Å². The van der Waals surface area contributed by atoms with Gasteiger partial charge in [-0.1, -0.05) is 18.2 Å². The van der Waals surface area contributed by atoms with Gasteiger partial charge in [-0.25, -0.2) is 9.97 Å². The van der Waals surface area contributed by atoms with E-state index in [1.54, 1.807) is 37.8 Å². The largest absolute Gasteiger partial charge is 0.348 e. The first-order valence-corrected chi connectivity index (χ1v) is 8.43. The first kappa shape index (κ1) is 16.7. The van der Waals surface area contributed by atoms with Gasteiger partial charge < -0.3 is 14.5 Å². The van der Waals surface area contributed by atoms with Crippen molar-refractivity contribution in [3.8, 4) is 5.69 Å². The molecule has 0 saturated carbocycles. The number of hydrogen-bond donors (Lipinski definition) is 1. The zero-order valence-corrected chi connectivity index (χ0v) is 14.7. The Labute approximate surface area is 154 Å². The number of rotatable bonds is 4. The van der Waals surface area contributed by atoms with E-state index in [9.17, 15) is 9.59 Å². The fraction of sp³-hybridized carbons (Fsp3) is 0.100. The molecular formula is C20H17N5O2. The molecule has 7 nitrogen and oxygen atoms in total. The van der Waals surface area contributed by atoms with Gasteiger partial charge in [0.15, 0.2) is 0 Å². The minimum atomic E-state index is -0.222. The molecule has 0 saturated heterocycles. The number of carbonyl (C=O) groups is 1. The van der Waals surface area contributed by atoms with Gasteiger partial charge in [-0.05, 0) is 29.8 Å². The van der Waals surface area contributed by atoms with Gasteiger partial charge in [0.2, 0.25) is 0 Å². The van der Waals surface area contributed by atoms with Crippen molar-refractivity contribution in [2.75, 3.05) is 0 Å². The smallest absolute Gasteiger partial charge is 0.260 e. The average Bonchev–Trinajstić information content (AvgIpc) is 3.23. The van der Waals surface area contributed by atoms with E-state index in [-0.39, 0.29) is 11.5 Å². The van der Waals surface area contributed by atoms with E-state index in [1.807, 2.05) is 35.0 Å². The van der Waals surface area contributed by atoms with Crippen molar-refractivity contribution in [2.45, 2.75) is 6.54 Å². The van der Waals surface area contributed by atoms with Crippen LogP contribution >= 0.6 is 0 Å². The van der Waals surface area contributed by atoms with Gasteiger partial charge in [0.1, 0.15) is 0 Å². The number of aromatic nitrogens is 4. The summed E-state index contributed by atoms with van der Waals surface area (Å²) in [5, 5.41) is 3.41. The Morgan fingerprint density at radius 3 is 2.81 bits per heavy atom. The van der Waals surface area contributed by atoms with E-state index < -0.39 is 0 Å². The monoisotopic (exact) mass is 359 g/mol. The molecular weight excluding hydrogens is 342 g/mol. The zero-order valence-electron chi connectivity index (χ0n) is 14.7. The van der Waals surface area contributed by atoms with Crippen LogP contribution < -0.4 is 10.9 Å². The number of benzene rings is 2. The average molecular weight is 359 g/mol. The molecule has 2 aromatic carbocycles. The third-order valence-electron chi connectivity index (χ3n) is 4.39. The molecule has 134 valence electrons. The molecule has 2 aromatic heterocycles. The highest BCUT2D eigenvalue weighted by atomic mass is 16.1. The number of nitrogens with one attached hydrogen (secondary N) is 1. The van der Waals surface area contributed by atoms with Crippen LogP contribution in [-0.4, -0.2) is 25.0 Å². The standard InChI is InChI=1S/C20H17N5O2/c1-24-13-23-17-10-14(6-7-16(17)20(24)27)19(26)22-11-15-4-2-3-5-18(15)25-9-8-21-12-25/h2-10,12-13H,11H2,1H3,(H,22,26). The topological polar surface area (TPSA) is 81.8 Å². The van der Waals surface area contributed by atoms with Crippen LogP contribution in [0, 0.1) is 0 Å². The second-order valence-corrected chi connectivity index (χ2v) is 6.17. The maximum absolute atomic E-state index is 12.6. The number of para-hydroxylation sites is 1. The number of nitrogens with zero attached hydrogens (tertiary/aromatic N) is 4. The number of imidazole rings is 1. The Morgan fingerprint density at radius 1 is 1.15 bits per heavy atom. The highest BCUT2D eigenvalue weighted by Crippen LogP contribution is 2.15. The number of carbonyl (C=O) groups excluding carboxylic acids is 1. The maximum atomic E-state index is 12.6. The van der Waals surface area contributed by atoms with Crippen LogP contribution in [0.1, 0.15) is 15.9 Å². The number of hydrogen-bond acceptors (Lipinski definition) is 4. The molecule has 2 heterocycles. The maximum Gasteiger partial charge on any atom is 0.260 e. The summed E-state index contributed by atoms with van der Waals surface area (Å²) in [6, 6.07) is 12.7. The summed E-state index contributed by atoms with van der Waals surface area (Å²) in [4.78, 5) is 32.9. The van der Waals surface area contributed by atoms with Gasteiger partial charge in [0.25, 0.3) is 11.5 Å². The van der Waals surface area contributed by atoms with Crippen LogP contribution in [0.25, 0.3) is 16.6 Å². The first-order chi connectivity index (χ1) is 13.1. The van der Waals surface area contributed by atoms with Crippen LogP contribution in [0.5, 0.6) is 0 Å². The van der Waals surface area contributed by atoms with Crippen molar-refractivity contribution < 1.29 is 4.79 Å². The Hall–Kier alpha value is -3.74. The van der Waals surface area contributed by atoms with Crippen molar-refractivity contribution >= 4 is 16.8 Å². The lowest BCUT2D eigenvalue weighted by atomic mass is 10.1. The van der Waals surface area contributed by atoms with Crippen LogP contribution in [-0.2, 0) is 13.6 Å². The summed E-state index contributed by atoms with van der Waals surface area (Å²) in [7, 11) is 1.65. The van der Waals surface area contributed by atoms with E-state index in [2.05, 4.69) is 15.3 Å². The molecule has 0 unspecified atom stereocenters. The predicted octanol–water partition coefficient (Wildman–Crippen LogP) is 2.05. The Bertz CT molecular complexity index is 1180. The Balaban J connectivity index is 1.56. The van der Waals surface area contributed by atoms with Crippen LogP contribution in [0.3, 0.4) is 0 Å². The minimum absolute atomic E-state index is 0.138. The highest BCUT2D eigenvalue weighted by Gasteiger charge is 2.10. The first-order valence-electron chi connectivity index (χ1n) is 8.43. The van der Waals surface area contributed by atoms with Gasteiger partial charge in [0.05, 0.1) is 29.2 Å². The molecule has 27 heavy (non-hydrogen) atoms. The molecule has 0 aliphatic carbocycles. The summed E-state index contributed by atoms with van der Waals surface area (Å²) in [5.41, 5.74) is 2.75. The van der Waals surface area contributed by atoms with Gasteiger partial charge in [-0.3, -0.25) is 9.59 Å². The van der Waals surface area contributed by atoms with Crippen molar-refractivity contribution in [3.05, 3.63) is 89.0 Å². The van der Waals surface area contributed by atoms with Crippen molar-refractivity contribution in [1.29, 1.82) is 0 Å². The third-order valence-corrected chi connectivity index (χ3v) is 4.39. The second-order valence-electron chi connectivity index (χ2n) is 6.17. The summed E-state index contributed by atoms with van der Waals surface area (Å²) >= 11 is 0. The molecule has 0 spiro atoms. The Kier molecular flexibility index (Phi) is 4.25. The fourth-order valence-electron chi connectivity index (χ4n) is 2.94. The molecule has 0 fully saturated rings.